The molecule has 1 saturated carbocycles. The number of rotatable bonds is 6. The average molecular weight is 291 g/mol. The van der Waals surface area contributed by atoms with Crippen molar-refractivity contribution >= 4 is 18.3 Å². The number of carbonyl (C=O) groups is 1. The van der Waals surface area contributed by atoms with Crippen LogP contribution in [0.2, 0.25) is 0 Å². The van der Waals surface area contributed by atoms with Gasteiger partial charge in [-0.15, -0.1) is 12.4 Å². The van der Waals surface area contributed by atoms with Crippen molar-refractivity contribution in [2.45, 2.75) is 33.1 Å². The van der Waals surface area contributed by atoms with Crippen molar-refractivity contribution in [1.29, 1.82) is 0 Å². The molecule has 1 heterocycles. The summed E-state index contributed by atoms with van der Waals surface area (Å²) in [4.78, 5) is 14.4. The number of amides is 1. The second-order valence-corrected chi connectivity index (χ2v) is 5.48. The van der Waals surface area contributed by atoms with E-state index in [1.54, 1.807) is 0 Å². The second-order valence-electron chi connectivity index (χ2n) is 5.48. The molecule has 1 unspecified atom stereocenters. The van der Waals surface area contributed by atoms with Crippen molar-refractivity contribution in [3.05, 3.63) is 0 Å². The molecule has 1 spiro atoms. The Hall–Kier alpha value is -0.320. The van der Waals surface area contributed by atoms with Crippen LogP contribution in [0.3, 0.4) is 0 Å². The average Bonchev–Trinajstić information content (AvgIpc) is 3.08. The van der Waals surface area contributed by atoms with Crippen LogP contribution in [0, 0.1) is 11.3 Å². The highest BCUT2D eigenvalue weighted by Gasteiger charge is 2.58. The van der Waals surface area contributed by atoms with Gasteiger partial charge in [0.25, 0.3) is 0 Å². The topological polar surface area (TPSA) is 41.6 Å². The maximum atomic E-state index is 12.5. The summed E-state index contributed by atoms with van der Waals surface area (Å²) >= 11 is 0. The lowest BCUT2D eigenvalue weighted by Crippen LogP contribution is -2.38. The number of halogens is 1. The monoisotopic (exact) mass is 290 g/mol. The van der Waals surface area contributed by atoms with E-state index in [2.05, 4.69) is 12.2 Å². The number of nitrogens with one attached hydrogen (secondary N) is 1. The van der Waals surface area contributed by atoms with E-state index >= 15 is 0 Å². The predicted molar refractivity (Wildman–Crippen MR) is 78.6 cm³/mol. The van der Waals surface area contributed by atoms with Gasteiger partial charge in [-0.1, -0.05) is 0 Å². The smallest absolute Gasteiger partial charge is 0.226 e. The van der Waals surface area contributed by atoms with Crippen molar-refractivity contribution < 1.29 is 9.53 Å². The van der Waals surface area contributed by atoms with E-state index < -0.39 is 0 Å². The van der Waals surface area contributed by atoms with Crippen molar-refractivity contribution in [3.8, 4) is 0 Å². The third-order valence-corrected chi connectivity index (χ3v) is 4.49. The Morgan fingerprint density at radius 3 is 2.63 bits per heavy atom. The Labute approximate surface area is 122 Å². The molecule has 1 aliphatic carbocycles. The Morgan fingerprint density at radius 2 is 2.05 bits per heavy atom. The highest BCUT2D eigenvalue weighted by Crippen LogP contribution is 2.59. The van der Waals surface area contributed by atoms with Gasteiger partial charge in [0.1, 0.15) is 0 Å². The summed E-state index contributed by atoms with van der Waals surface area (Å²) in [5.74, 6) is 0.653. The molecule has 0 aromatic carbocycles. The summed E-state index contributed by atoms with van der Waals surface area (Å²) in [5, 5.41) is 3.38. The number of hydrogen-bond acceptors (Lipinski definition) is 3. The van der Waals surface area contributed by atoms with Crippen LogP contribution in [0.4, 0.5) is 0 Å². The van der Waals surface area contributed by atoms with Gasteiger partial charge in [0.15, 0.2) is 0 Å². The molecule has 4 nitrogen and oxygen atoms in total. The molecule has 2 aliphatic rings. The van der Waals surface area contributed by atoms with Crippen LogP contribution in [-0.4, -0.2) is 50.2 Å². The van der Waals surface area contributed by atoms with Crippen LogP contribution in [0.5, 0.6) is 0 Å². The number of carbonyl (C=O) groups excluding carboxylic acids is 1. The van der Waals surface area contributed by atoms with E-state index in [9.17, 15) is 4.79 Å². The minimum absolute atomic E-state index is 0. The van der Waals surface area contributed by atoms with E-state index in [0.717, 1.165) is 39.2 Å². The first-order valence-corrected chi connectivity index (χ1v) is 7.31. The molecule has 1 amide bonds. The molecule has 5 heteroatoms. The fraction of sp³-hybridized carbons (Fsp3) is 0.929. The molecule has 1 saturated heterocycles. The van der Waals surface area contributed by atoms with Gasteiger partial charge in [-0.25, -0.2) is 0 Å². The summed E-state index contributed by atoms with van der Waals surface area (Å²) < 4.78 is 5.35. The van der Waals surface area contributed by atoms with E-state index in [4.69, 9.17) is 4.74 Å². The summed E-state index contributed by atoms with van der Waals surface area (Å²) in [5.41, 5.74) is 0.349. The zero-order valence-corrected chi connectivity index (χ0v) is 12.9. The van der Waals surface area contributed by atoms with E-state index in [0.29, 0.717) is 23.8 Å². The quantitative estimate of drug-likeness (QED) is 0.757. The predicted octanol–water partition coefficient (Wildman–Crippen LogP) is 1.68. The first-order chi connectivity index (χ1) is 8.73. The van der Waals surface area contributed by atoms with Crippen molar-refractivity contribution in [2.24, 2.45) is 11.3 Å². The van der Waals surface area contributed by atoms with Crippen LogP contribution in [0.25, 0.3) is 0 Å². The van der Waals surface area contributed by atoms with E-state index in [-0.39, 0.29) is 12.4 Å². The zero-order valence-electron chi connectivity index (χ0n) is 12.1. The van der Waals surface area contributed by atoms with Crippen LogP contribution in [-0.2, 0) is 9.53 Å². The number of nitrogens with zero attached hydrogens (tertiary/aromatic N) is 1. The van der Waals surface area contributed by atoms with Crippen LogP contribution in [0.1, 0.15) is 33.1 Å². The summed E-state index contributed by atoms with van der Waals surface area (Å²) in [6.07, 6.45) is 3.46. The van der Waals surface area contributed by atoms with Gasteiger partial charge in [0, 0.05) is 25.6 Å². The molecule has 112 valence electrons. The number of ether oxygens (including phenoxy) is 1. The SMILES string of the molecule is CCOCCN(CC)C(=O)C1CC12CCNCC2.Cl. The van der Waals surface area contributed by atoms with Crippen LogP contribution >= 0.6 is 12.4 Å². The zero-order chi connectivity index (χ0) is 13.0. The van der Waals surface area contributed by atoms with Crippen molar-refractivity contribution in [2.75, 3.05) is 39.4 Å². The standard InChI is InChI=1S/C14H26N2O2.ClH/c1-3-16(9-10-18-4-2)13(17)12-11-14(12)5-7-15-8-6-14;/h12,15H,3-11H2,1-2H3;1H. The molecule has 0 radical (unpaired) electrons. The van der Waals surface area contributed by atoms with Crippen LogP contribution in [0.15, 0.2) is 0 Å². The Bertz CT molecular complexity index is 293. The van der Waals surface area contributed by atoms with Gasteiger partial charge in [-0.3, -0.25) is 4.79 Å². The Morgan fingerprint density at radius 1 is 1.37 bits per heavy atom. The minimum atomic E-state index is 0. The van der Waals surface area contributed by atoms with Crippen molar-refractivity contribution in [1.82, 2.24) is 10.2 Å². The molecule has 1 aliphatic heterocycles. The molecule has 19 heavy (non-hydrogen) atoms. The first kappa shape index (κ1) is 16.7. The highest BCUT2D eigenvalue weighted by atomic mass is 35.5. The number of piperidine rings is 1. The molecule has 0 aromatic heterocycles. The van der Waals surface area contributed by atoms with E-state index in [1.165, 1.54) is 12.8 Å². The second kappa shape index (κ2) is 7.46. The van der Waals surface area contributed by atoms with Gasteiger partial charge in [-0.05, 0) is 51.6 Å². The molecule has 0 aromatic rings. The van der Waals surface area contributed by atoms with E-state index in [1.807, 2.05) is 11.8 Å². The molecule has 1 atom stereocenters. The molecule has 0 bridgehead atoms. The Balaban J connectivity index is 0.00000180. The summed E-state index contributed by atoms with van der Waals surface area (Å²) in [6, 6.07) is 0. The van der Waals surface area contributed by atoms with Gasteiger partial charge in [-0.2, -0.15) is 0 Å². The van der Waals surface area contributed by atoms with Gasteiger partial charge >= 0.3 is 0 Å². The summed E-state index contributed by atoms with van der Waals surface area (Å²) in [6.45, 7) is 9.14. The fourth-order valence-corrected chi connectivity index (χ4v) is 3.14. The highest BCUT2D eigenvalue weighted by molar-refractivity contribution is 5.85. The lowest BCUT2D eigenvalue weighted by molar-refractivity contribution is -0.134. The van der Waals surface area contributed by atoms with Gasteiger partial charge in [0.2, 0.25) is 5.91 Å². The fourth-order valence-electron chi connectivity index (χ4n) is 3.14. The molecule has 2 rings (SSSR count). The molecular formula is C14H27ClN2O2. The molecule has 1 N–H and O–H groups in total. The maximum absolute atomic E-state index is 12.5. The first-order valence-electron chi connectivity index (χ1n) is 7.31. The third kappa shape index (κ3) is 3.83. The summed E-state index contributed by atoms with van der Waals surface area (Å²) in [7, 11) is 0. The van der Waals surface area contributed by atoms with Gasteiger partial charge < -0.3 is 15.0 Å². The van der Waals surface area contributed by atoms with Crippen LogP contribution < -0.4 is 5.32 Å². The largest absolute Gasteiger partial charge is 0.380 e. The number of hydrogen-bond donors (Lipinski definition) is 1. The normalized spacial score (nSPS) is 23.8. The minimum Gasteiger partial charge on any atom is -0.380 e. The lowest BCUT2D eigenvalue weighted by atomic mass is 9.91. The molecule has 2 fully saturated rings. The number of likely N-dealkylation sites (N-methyl/N-ethyl adjacent to an activating group) is 1. The third-order valence-electron chi connectivity index (χ3n) is 4.49. The Kier molecular flexibility index (Phi) is 6.57. The van der Waals surface area contributed by atoms with Crippen molar-refractivity contribution in [3.63, 3.8) is 0 Å². The van der Waals surface area contributed by atoms with Gasteiger partial charge in [0.05, 0.1) is 6.61 Å². The molecular weight excluding hydrogens is 264 g/mol. The lowest BCUT2D eigenvalue weighted by Gasteiger charge is -2.26. The maximum Gasteiger partial charge on any atom is 0.226 e.